The summed E-state index contributed by atoms with van der Waals surface area (Å²) in [5, 5.41) is 6.21. The molecule has 7 heteroatoms. The minimum absolute atomic E-state index is 0.151. The number of hydrogen-bond donors (Lipinski definition) is 2. The highest BCUT2D eigenvalue weighted by molar-refractivity contribution is 6.30. The lowest BCUT2D eigenvalue weighted by molar-refractivity contribution is -0.123. The van der Waals surface area contributed by atoms with Crippen LogP contribution >= 0.6 is 11.6 Å². The topological polar surface area (TPSA) is 80.3 Å². The number of methoxy groups -OCH3 is 1. The summed E-state index contributed by atoms with van der Waals surface area (Å²) in [6.45, 7) is 5.26. The maximum atomic E-state index is 13.3. The molecule has 2 aromatic rings. The molecule has 0 saturated carbocycles. The fraction of sp³-hybridized carbons (Fsp3) is 0.350. The molecule has 27 heavy (non-hydrogen) atoms. The van der Waals surface area contributed by atoms with Gasteiger partial charge in [0, 0.05) is 13.1 Å². The zero-order chi connectivity index (χ0) is 19.6. The van der Waals surface area contributed by atoms with E-state index in [0.29, 0.717) is 13.1 Å². The predicted molar refractivity (Wildman–Crippen MR) is 104 cm³/mol. The summed E-state index contributed by atoms with van der Waals surface area (Å²) in [4.78, 5) is 29.3. The third-order valence-corrected chi connectivity index (χ3v) is 5.12. The van der Waals surface area contributed by atoms with E-state index in [1.807, 2.05) is 18.2 Å². The Hall–Kier alpha value is -2.44. The molecule has 0 radical (unpaired) electrons. The van der Waals surface area contributed by atoms with E-state index in [0.717, 1.165) is 11.1 Å². The largest absolute Gasteiger partial charge is 0.465 e. The van der Waals surface area contributed by atoms with Crippen LogP contribution in [-0.2, 0) is 14.9 Å². The van der Waals surface area contributed by atoms with E-state index in [1.54, 1.807) is 0 Å². The lowest BCUT2D eigenvalue weighted by Crippen LogP contribution is -2.63. The molecule has 142 valence electrons. The van der Waals surface area contributed by atoms with Crippen LogP contribution in [0.3, 0.4) is 0 Å². The molecule has 1 aliphatic heterocycles. The highest BCUT2D eigenvalue weighted by atomic mass is 35.5. The van der Waals surface area contributed by atoms with Crippen molar-refractivity contribution in [3.8, 4) is 0 Å². The van der Waals surface area contributed by atoms with Crippen LogP contribution in [0.4, 0.5) is 5.69 Å². The Morgan fingerprint density at radius 3 is 2.59 bits per heavy atom. The number of carbonyl (C=O) groups is 2. The van der Waals surface area contributed by atoms with E-state index in [-0.39, 0.29) is 28.2 Å². The molecule has 1 aliphatic rings. The average Bonchev–Trinajstić information content (AvgIpc) is 2.62. The summed E-state index contributed by atoms with van der Waals surface area (Å²) in [5.74, 6) is -0.490. The van der Waals surface area contributed by atoms with Crippen molar-refractivity contribution in [1.82, 2.24) is 10.3 Å². The van der Waals surface area contributed by atoms with Crippen molar-refractivity contribution in [2.75, 3.05) is 25.5 Å². The number of benzene rings is 1. The molecule has 6 nitrogen and oxygen atoms in total. The molecule has 0 aliphatic carbocycles. The molecule has 3 rings (SSSR count). The average molecular weight is 388 g/mol. The first-order chi connectivity index (χ1) is 12.9. The third kappa shape index (κ3) is 3.55. The summed E-state index contributed by atoms with van der Waals surface area (Å²) >= 11 is 5.89. The number of amides is 1. The van der Waals surface area contributed by atoms with Crippen molar-refractivity contribution in [1.29, 1.82) is 0 Å². The van der Waals surface area contributed by atoms with E-state index in [2.05, 4.69) is 35.5 Å². The van der Waals surface area contributed by atoms with Gasteiger partial charge in [-0.1, -0.05) is 49.7 Å². The van der Waals surface area contributed by atoms with Crippen LogP contribution in [0.1, 0.15) is 41.3 Å². The first kappa shape index (κ1) is 19.3. The Kier molecular flexibility index (Phi) is 5.48. The molecule has 0 unspecified atom stereocenters. The first-order valence-electron chi connectivity index (χ1n) is 8.74. The van der Waals surface area contributed by atoms with Crippen molar-refractivity contribution in [3.63, 3.8) is 0 Å². The van der Waals surface area contributed by atoms with Gasteiger partial charge < -0.3 is 15.4 Å². The predicted octanol–water partition coefficient (Wildman–Crippen LogP) is 3.12. The summed E-state index contributed by atoms with van der Waals surface area (Å²) < 4.78 is 4.79. The molecule has 0 atom stereocenters. The number of ether oxygens (including phenoxy) is 1. The highest BCUT2D eigenvalue weighted by Gasteiger charge is 2.47. The van der Waals surface area contributed by atoms with E-state index in [9.17, 15) is 9.59 Å². The molecule has 0 bridgehead atoms. The van der Waals surface area contributed by atoms with Gasteiger partial charge in [-0.2, -0.15) is 0 Å². The third-order valence-electron chi connectivity index (χ3n) is 4.91. The second-order valence-corrected chi connectivity index (χ2v) is 7.31. The number of carbonyl (C=O) groups excluding carboxylic acids is 2. The Morgan fingerprint density at radius 1 is 1.30 bits per heavy atom. The number of hydrogen-bond acceptors (Lipinski definition) is 5. The summed E-state index contributed by atoms with van der Waals surface area (Å²) in [6, 6.07) is 9.36. The number of nitrogens with zero attached hydrogens (tertiary/aromatic N) is 1. The van der Waals surface area contributed by atoms with E-state index in [4.69, 9.17) is 16.3 Å². The SMILES string of the molecule is COC(=O)c1cc(Cl)ncc1NC(=O)C1(c2ccccc2C(C)C)CNC1. The van der Waals surface area contributed by atoms with Crippen molar-refractivity contribution in [2.45, 2.75) is 25.2 Å². The molecule has 1 aromatic heterocycles. The van der Waals surface area contributed by atoms with Gasteiger partial charge in [-0.05, 0) is 23.1 Å². The molecule has 2 heterocycles. The molecule has 1 fully saturated rings. The number of esters is 1. The van der Waals surface area contributed by atoms with Gasteiger partial charge in [-0.3, -0.25) is 4.79 Å². The molecule has 0 spiro atoms. The van der Waals surface area contributed by atoms with Crippen molar-refractivity contribution in [2.24, 2.45) is 0 Å². The Morgan fingerprint density at radius 2 is 2.00 bits per heavy atom. The Balaban J connectivity index is 1.98. The molecule has 1 saturated heterocycles. The van der Waals surface area contributed by atoms with Crippen LogP contribution in [0, 0.1) is 0 Å². The monoisotopic (exact) mass is 387 g/mol. The van der Waals surface area contributed by atoms with Crippen molar-refractivity contribution in [3.05, 3.63) is 58.4 Å². The van der Waals surface area contributed by atoms with Crippen LogP contribution in [0.5, 0.6) is 0 Å². The van der Waals surface area contributed by atoms with E-state index >= 15 is 0 Å². The van der Waals surface area contributed by atoms with Gasteiger partial charge in [0.15, 0.2) is 0 Å². The van der Waals surface area contributed by atoms with Gasteiger partial charge >= 0.3 is 5.97 Å². The van der Waals surface area contributed by atoms with Crippen LogP contribution in [0.2, 0.25) is 5.15 Å². The standard InChI is InChI=1S/C20H22ClN3O3/c1-12(2)13-6-4-5-7-15(13)20(10-22-11-20)19(26)24-16-9-23-17(21)8-14(16)18(25)27-3/h4-9,12,22H,10-11H2,1-3H3,(H,24,26). The smallest absolute Gasteiger partial charge is 0.340 e. The maximum absolute atomic E-state index is 13.3. The first-order valence-corrected chi connectivity index (χ1v) is 9.12. The molecule has 1 amide bonds. The number of nitrogens with one attached hydrogen (secondary N) is 2. The van der Waals surface area contributed by atoms with Gasteiger partial charge in [0.05, 0.1) is 30.0 Å². The molecule has 1 aromatic carbocycles. The molecular weight excluding hydrogens is 366 g/mol. The second kappa shape index (κ2) is 7.66. The minimum Gasteiger partial charge on any atom is -0.465 e. The fourth-order valence-corrected chi connectivity index (χ4v) is 3.49. The number of pyridine rings is 1. The van der Waals surface area contributed by atoms with Gasteiger partial charge in [0.2, 0.25) is 5.91 Å². The maximum Gasteiger partial charge on any atom is 0.340 e. The number of aromatic nitrogens is 1. The van der Waals surface area contributed by atoms with Gasteiger partial charge in [0.1, 0.15) is 5.15 Å². The van der Waals surface area contributed by atoms with Crippen LogP contribution in [0.25, 0.3) is 0 Å². The van der Waals surface area contributed by atoms with Crippen LogP contribution in [0.15, 0.2) is 36.5 Å². The summed E-state index contributed by atoms with van der Waals surface area (Å²) in [7, 11) is 1.28. The van der Waals surface area contributed by atoms with E-state index in [1.165, 1.54) is 19.4 Å². The lowest BCUT2D eigenvalue weighted by Gasteiger charge is -2.43. The van der Waals surface area contributed by atoms with Gasteiger partial charge in [-0.15, -0.1) is 0 Å². The lowest BCUT2D eigenvalue weighted by atomic mass is 9.71. The molecular formula is C20H22ClN3O3. The number of rotatable bonds is 5. The summed E-state index contributed by atoms with van der Waals surface area (Å²) in [5.41, 5.74) is 1.89. The van der Waals surface area contributed by atoms with Gasteiger partial charge in [-0.25, -0.2) is 9.78 Å². The van der Waals surface area contributed by atoms with Crippen LogP contribution < -0.4 is 10.6 Å². The Labute approximate surface area is 163 Å². The van der Waals surface area contributed by atoms with Gasteiger partial charge in [0.25, 0.3) is 0 Å². The number of halogens is 1. The molecule has 2 N–H and O–H groups in total. The Bertz CT molecular complexity index is 879. The van der Waals surface area contributed by atoms with E-state index < -0.39 is 11.4 Å². The van der Waals surface area contributed by atoms with Crippen molar-refractivity contribution >= 4 is 29.2 Å². The second-order valence-electron chi connectivity index (χ2n) is 6.93. The van der Waals surface area contributed by atoms with Crippen molar-refractivity contribution < 1.29 is 14.3 Å². The highest BCUT2D eigenvalue weighted by Crippen LogP contribution is 2.36. The fourth-order valence-electron chi connectivity index (χ4n) is 3.33. The quantitative estimate of drug-likeness (QED) is 0.608. The van der Waals surface area contributed by atoms with Crippen LogP contribution in [-0.4, -0.2) is 37.1 Å². The zero-order valence-corrected chi connectivity index (χ0v) is 16.3. The zero-order valence-electron chi connectivity index (χ0n) is 15.5. The minimum atomic E-state index is -0.701. The number of anilines is 1. The normalized spacial score (nSPS) is 15.1. The summed E-state index contributed by atoms with van der Waals surface area (Å²) in [6.07, 6.45) is 1.38.